The molecule has 23 heavy (non-hydrogen) atoms. The van der Waals surface area contributed by atoms with Crippen molar-refractivity contribution in [1.29, 1.82) is 0 Å². The van der Waals surface area contributed by atoms with Crippen LogP contribution in [-0.4, -0.2) is 28.5 Å². The minimum atomic E-state index is -0.336. The van der Waals surface area contributed by atoms with Crippen LogP contribution in [-0.2, 0) is 11.2 Å². The number of hydrogen-bond acceptors (Lipinski definition) is 4. The molecule has 2 heterocycles. The molecule has 1 aromatic carbocycles. The molecule has 0 spiro atoms. The molecule has 1 aromatic heterocycles. The molecule has 1 aliphatic heterocycles. The van der Waals surface area contributed by atoms with Crippen molar-refractivity contribution in [3.05, 3.63) is 42.0 Å². The first-order valence-corrected chi connectivity index (χ1v) is 7.75. The van der Waals surface area contributed by atoms with Crippen LogP contribution in [0.1, 0.15) is 18.4 Å². The number of ether oxygens (including phenoxy) is 1. The highest BCUT2D eigenvalue weighted by Gasteiger charge is 2.32. The first-order chi connectivity index (χ1) is 11.2. The first-order valence-electron chi connectivity index (χ1n) is 7.75. The second-order valence-electron chi connectivity index (χ2n) is 5.98. The number of halogens is 1. The lowest BCUT2D eigenvalue weighted by Crippen LogP contribution is -2.35. The van der Waals surface area contributed by atoms with Crippen LogP contribution in [0.15, 0.2) is 30.6 Å². The monoisotopic (exact) mass is 313 g/mol. The molecule has 1 aliphatic carbocycles. The summed E-state index contributed by atoms with van der Waals surface area (Å²) in [7, 11) is 0. The predicted octanol–water partition coefficient (Wildman–Crippen LogP) is 2.11. The van der Waals surface area contributed by atoms with Gasteiger partial charge in [-0.2, -0.15) is 0 Å². The highest BCUT2D eigenvalue weighted by molar-refractivity contribution is 5.80. The zero-order chi connectivity index (χ0) is 15.8. The van der Waals surface area contributed by atoms with Gasteiger partial charge in [0.05, 0.1) is 12.1 Å². The average Bonchev–Trinajstić information content (AvgIpc) is 3.33. The van der Waals surface area contributed by atoms with E-state index in [1.54, 1.807) is 18.5 Å². The molecule has 2 aromatic rings. The van der Waals surface area contributed by atoms with E-state index >= 15 is 0 Å². The Labute approximate surface area is 132 Å². The van der Waals surface area contributed by atoms with Crippen LogP contribution in [0.25, 0.3) is 11.4 Å². The predicted molar refractivity (Wildman–Crippen MR) is 81.3 cm³/mol. The Hall–Kier alpha value is -2.50. The Morgan fingerprint density at radius 1 is 1.30 bits per heavy atom. The van der Waals surface area contributed by atoms with E-state index in [0.717, 1.165) is 18.4 Å². The molecule has 0 saturated heterocycles. The summed E-state index contributed by atoms with van der Waals surface area (Å²) in [6.45, 7) is 0.431. The van der Waals surface area contributed by atoms with Gasteiger partial charge in [-0.25, -0.2) is 14.4 Å². The molecule has 118 valence electrons. The number of fused-ring (bicyclic) bond motifs is 1. The third-order valence-electron chi connectivity index (χ3n) is 4.12. The summed E-state index contributed by atoms with van der Waals surface area (Å²) in [5.74, 6) is 0.971. The molecule has 6 heteroatoms. The second-order valence-corrected chi connectivity index (χ2v) is 5.98. The number of amides is 1. The number of benzene rings is 1. The summed E-state index contributed by atoms with van der Waals surface area (Å²) in [4.78, 5) is 20.1. The maximum atomic E-state index is 13.9. The van der Waals surface area contributed by atoms with Crippen LogP contribution in [0, 0.1) is 11.7 Å². The molecule has 1 amide bonds. The lowest BCUT2D eigenvalue weighted by Gasteiger charge is -2.13. The molecule has 2 aliphatic rings. The first kappa shape index (κ1) is 14.1. The van der Waals surface area contributed by atoms with Crippen molar-refractivity contribution in [2.45, 2.75) is 25.4 Å². The van der Waals surface area contributed by atoms with Gasteiger partial charge in [-0.1, -0.05) is 0 Å². The SMILES string of the molecule is O=C(NCC1Cc2cc(F)cc(-c3ncccn3)c2O1)C1CC1. The van der Waals surface area contributed by atoms with Gasteiger partial charge in [0.2, 0.25) is 5.91 Å². The Kier molecular flexibility index (Phi) is 3.44. The third-order valence-corrected chi connectivity index (χ3v) is 4.12. The van der Waals surface area contributed by atoms with Crippen molar-refractivity contribution < 1.29 is 13.9 Å². The molecule has 1 N–H and O–H groups in total. The van der Waals surface area contributed by atoms with E-state index in [-0.39, 0.29) is 23.7 Å². The standard InChI is InChI=1S/C17H16FN3O2/c18-12-6-11-7-13(9-21-17(22)10-2-3-10)23-15(11)14(8-12)16-19-4-1-5-20-16/h1,4-6,8,10,13H,2-3,7,9H2,(H,21,22). The largest absolute Gasteiger partial charge is 0.487 e. The molecule has 1 atom stereocenters. The van der Waals surface area contributed by atoms with Crippen molar-refractivity contribution in [3.8, 4) is 17.1 Å². The highest BCUT2D eigenvalue weighted by Crippen LogP contribution is 2.38. The molecule has 1 saturated carbocycles. The van der Waals surface area contributed by atoms with Gasteiger partial charge >= 0.3 is 0 Å². The van der Waals surface area contributed by atoms with Crippen LogP contribution in [0.4, 0.5) is 4.39 Å². The fourth-order valence-electron chi connectivity index (χ4n) is 2.82. The molecular formula is C17H16FN3O2. The molecule has 4 rings (SSSR count). The Bertz CT molecular complexity index is 747. The van der Waals surface area contributed by atoms with E-state index in [1.165, 1.54) is 12.1 Å². The van der Waals surface area contributed by atoms with Gasteiger partial charge in [-0.15, -0.1) is 0 Å². The van der Waals surface area contributed by atoms with E-state index in [2.05, 4.69) is 15.3 Å². The van der Waals surface area contributed by atoms with Crippen molar-refractivity contribution in [3.63, 3.8) is 0 Å². The molecule has 0 radical (unpaired) electrons. The lowest BCUT2D eigenvalue weighted by atomic mass is 10.1. The van der Waals surface area contributed by atoms with Crippen molar-refractivity contribution in [2.24, 2.45) is 5.92 Å². The van der Waals surface area contributed by atoms with E-state index in [9.17, 15) is 9.18 Å². The Balaban J connectivity index is 1.54. The van der Waals surface area contributed by atoms with Gasteiger partial charge in [0.1, 0.15) is 17.7 Å². The van der Waals surface area contributed by atoms with Gasteiger partial charge in [-0.05, 0) is 31.0 Å². The van der Waals surface area contributed by atoms with Crippen LogP contribution in [0.2, 0.25) is 0 Å². The topological polar surface area (TPSA) is 64.1 Å². The average molecular weight is 313 g/mol. The van der Waals surface area contributed by atoms with Gasteiger partial charge in [0, 0.05) is 30.3 Å². The Morgan fingerprint density at radius 2 is 2.09 bits per heavy atom. The van der Waals surface area contributed by atoms with Crippen molar-refractivity contribution in [1.82, 2.24) is 15.3 Å². The van der Waals surface area contributed by atoms with Crippen LogP contribution >= 0.6 is 0 Å². The van der Waals surface area contributed by atoms with E-state index in [1.807, 2.05) is 0 Å². The van der Waals surface area contributed by atoms with Gasteiger partial charge in [-0.3, -0.25) is 4.79 Å². The number of nitrogens with one attached hydrogen (secondary N) is 1. The van der Waals surface area contributed by atoms with E-state index in [4.69, 9.17) is 4.74 Å². The van der Waals surface area contributed by atoms with Crippen LogP contribution < -0.4 is 10.1 Å². The van der Waals surface area contributed by atoms with Crippen LogP contribution in [0.3, 0.4) is 0 Å². The fourth-order valence-corrected chi connectivity index (χ4v) is 2.82. The maximum Gasteiger partial charge on any atom is 0.223 e. The third kappa shape index (κ3) is 2.88. The number of nitrogens with zero attached hydrogens (tertiary/aromatic N) is 2. The fraction of sp³-hybridized carbons (Fsp3) is 0.353. The minimum Gasteiger partial charge on any atom is -0.487 e. The number of aromatic nitrogens is 2. The van der Waals surface area contributed by atoms with Gasteiger partial charge in [0.15, 0.2) is 5.82 Å². The quantitative estimate of drug-likeness (QED) is 0.939. The van der Waals surface area contributed by atoms with E-state index in [0.29, 0.717) is 30.1 Å². The zero-order valence-corrected chi connectivity index (χ0v) is 12.5. The summed E-state index contributed by atoms with van der Waals surface area (Å²) >= 11 is 0. The smallest absolute Gasteiger partial charge is 0.223 e. The molecule has 1 fully saturated rings. The van der Waals surface area contributed by atoms with E-state index < -0.39 is 0 Å². The summed E-state index contributed by atoms with van der Waals surface area (Å²) in [6, 6.07) is 4.57. The normalized spacial score (nSPS) is 19.1. The number of rotatable bonds is 4. The van der Waals surface area contributed by atoms with Crippen LogP contribution in [0.5, 0.6) is 5.75 Å². The zero-order valence-electron chi connectivity index (χ0n) is 12.5. The number of carbonyl (C=O) groups excluding carboxylic acids is 1. The Morgan fingerprint density at radius 3 is 2.83 bits per heavy atom. The second kappa shape index (κ2) is 5.61. The summed E-state index contributed by atoms with van der Waals surface area (Å²) in [5.41, 5.74) is 1.34. The highest BCUT2D eigenvalue weighted by atomic mass is 19.1. The summed E-state index contributed by atoms with van der Waals surface area (Å²) in [6.07, 6.45) is 5.55. The number of carbonyl (C=O) groups is 1. The van der Waals surface area contributed by atoms with Crippen molar-refractivity contribution in [2.75, 3.05) is 6.54 Å². The lowest BCUT2D eigenvalue weighted by molar-refractivity contribution is -0.122. The molecule has 0 bridgehead atoms. The molecule has 5 nitrogen and oxygen atoms in total. The molecule has 1 unspecified atom stereocenters. The van der Waals surface area contributed by atoms with Gasteiger partial charge in [0.25, 0.3) is 0 Å². The molecular weight excluding hydrogens is 297 g/mol. The van der Waals surface area contributed by atoms with Crippen molar-refractivity contribution >= 4 is 5.91 Å². The number of hydrogen-bond donors (Lipinski definition) is 1. The summed E-state index contributed by atoms with van der Waals surface area (Å²) in [5, 5.41) is 2.91. The van der Waals surface area contributed by atoms with Gasteiger partial charge < -0.3 is 10.1 Å². The summed E-state index contributed by atoms with van der Waals surface area (Å²) < 4.78 is 19.8. The minimum absolute atomic E-state index is 0.0855. The maximum absolute atomic E-state index is 13.9.